The molecule has 1 fully saturated rings. The first kappa shape index (κ1) is 20.4. The zero-order valence-corrected chi connectivity index (χ0v) is 16.7. The molecule has 1 aliphatic heterocycles. The van der Waals surface area contributed by atoms with Crippen molar-refractivity contribution in [2.75, 3.05) is 34.4 Å². The Morgan fingerprint density at radius 3 is 2.17 bits per heavy atom. The third-order valence-corrected chi connectivity index (χ3v) is 5.27. The minimum Gasteiger partial charge on any atom is -0.493 e. The molecule has 1 aliphatic rings. The number of hydrogen-bond donors (Lipinski definition) is 0. The number of carbonyl (C=O) groups excluding carboxylic acids is 1. The number of nitro benzene ring substituents is 1. The maximum Gasteiger partial charge on any atom is 0.327 e. The lowest BCUT2D eigenvalue weighted by Crippen LogP contribution is -2.38. The minimum absolute atomic E-state index is 0.0670. The molecule has 0 radical (unpaired) electrons. The first-order chi connectivity index (χ1) is 14.0. The van der Waals surface area contributed by atoms with E-state index in [4.69, 9.17) is 14.2 Å². The fourth-order valence-corrected chi connectivity index (χ4v) is 3.80. The van der Waals surface area contributed by atoms with Crippen LogP contribution in [-0.2, 0) is 0 Å². The number of likely N-dealkylation sites (tertiary alicyclic amines) is 1. The fraction of sp³-hybridized carbons (Fsp3) is 0.381. The molecule has 0 spiro atoms. The number of ether oxygens (including phenoxy) is 3. The lowest BCUT2D eigenvalue weighted by atomic mass is 9.89. The van der Waals surface area contributed by atoms with Gasteiger partial charge < -0.3 is 19.1 Å². The van der Waals surface area contributed by atoms with E-state index >= 15 is 0 Å². The fourth-order valence-electron chi connectivity index (χ4n) is 3.80. The van der Waals surface area contributed by atoms with Crippen LogP contribution in [0.4, 0.5) is 5.69 Å². The molecule has 0 atom stereocenters. The number of hydrogen-bond acceptors (Lipinski definition) is 6. The molecule has 0 aliphatic carbocycles. The van der Waals surface area contributed by atoms with Crippen molar-refractivity contribution in [2.45, 2.75) is 18.8 Å². The average molecular weight is 400 g/mol. The number of amides is 1. The van der Waals surface area contributed by atoms with Crippen molar-refractivity contribution in [1.29, 1.82) is 0 Å². The zero-order chi connectivity index (χ0) is 21.0. The summed E-state index contributed by atoms with van der Waals surface area (Å²) in [4.78, 5) is 26.0. The Hall–Kier alpha value is -3.29. The predicted octanol–water partition coefficient (Wildman–Crippen LogP) is 3.64. The molecule has 0 aromatic heterocycles. The Bertz CT molecular complexity index is 892. The summed E-state index contributed by atoms with van der Waals surface area (Å²) in [5.74, 6) is 0.121. The molecule has 2 aromatic rings. The Labute approximate surface area is 169 Å². The molecule has 0 N–H and O–H groups in total. The van der Waals surface area contributed by atoms with Crippen molar-refractivity contribution in [3.63, 3.8) is 0 Å². The number of nitro groups is 1. The number of piperidine rings is 1. The van der Waals surface area contributed by atoms with Crippen LogP contribution in [0.25, 0.3) is 0 Å². The van der Waals surface area contributed by atoms with Gasteiger partial charge in [0.1, 0.15) is 5.56 Å². The molecule has 8 nitrogen and oxygen atoms in total. The summed E-state index contributed by atoms with van der Waals surface area (Å²) in [5, 5.41) is 11.8. The van der Waals surface area contributed by atoms with Gasteiger partial charge in [-0.3, -0.25) is 14.9 Å². The highest BCUT2D eigenvalue weighted by Crippen LogP contribution is 2.46. The Balaban J connectivity index is 1.90. The van der Waals surface area contributed by atoms with Crippen LogP contribution < -0.4 is 14.2 Å². The number of methoxy groups -OCH3 is 3. The number of benzene rings is 2. The normalized spacial score (nSPS) is 14.4. The number of nitrogens with zero attached hydrogens (tertiary/aromatic N) is 2. The van der Waals surface area contributed by atoms with Gasteiger partial charge >= 0.3 is 5.69 Å². The maximum atomic E-state index is 13.2. The van der Waals surface area contributed by atoms with Crippen LogP contribution in [0.15, 0.2) is 36.4 Å². The summed E-state index contributed by atoms with van der Waals surface area (Å²) in [7, 11) is 4.06. The van der Waals surface area contributed by atoms with Crippen LogP contribution in [0.3, 0.4) is 0 Å². The standard InChI is InChI=1S/C21H24N2O6/c1-27-17-13-16(18(23(25)26)20(29-3)19(17)28-2)21(24)22-11-9-15(10-12-22)14-7-5-4-6-8-14/h4-8,13,15H,9-12H2,1-3H3. The van der Waals surface area contributed by atoms with Crippen LogP contribution >= 0.6 is 0 Å². The molecule has 0 unspecified atom stereocenters. The molecule has 154 valence electrons. The van der Waals surface area contributed by atoms with Gasteiger partial charge in [-0.15, -0.1) is 0 Å². The predicted molar refractivity (Wildman–Crippen MR) is 107 cm³/mol. The van der Waals surface area contributed by atoms with E-state index in [0.29, 0.717) is 19.0 Å². The highest BCUT2D eigenvalue weighted by Gasteiger charge is 2.35. The average Bonchev–Trinajstić information content (AvgIpc) is 2.77. The first-order valence-corrected chi connectivity index (χ1v) is 9.33. The highest BCUT2D eigenvalue weighted by atomic mass is 16.6. The molecule has 2 aromatic carbocycles. The van der Waals surface area contributed by atoms with E-state index in [-0.39, 0.29) is 22.8 Å². The topological polar surface area (TPSA) is 91.1 Å². The van der Waals surface area contributed by atoms with Gasteiger partial charge in [0.2, 0.25) is 11.5 Å². The molecule has 3 rings (SSSR count). The molecule has 1 amide bonds. The molecule has 0 bridgehead atoms. The van der Waals surface area contributed by atoms with E-state index in [1.165, 1.54) is 33.0 Å². The Morgan fingerprint density at radius 2 is 1.66 bits per heavy atom. The molecule has 0 saturated carbocycles. The highest BCUT2D eigenvalue weighted by molar-refractivity contribution is 6.00. The van der Waals surface area contributed by atoms with Gasteiger partial charge in [0.05, 0.1) is 26.3 Å². The number of carbonyl (C=O) groups is 1. The van der Waals surface area contributed by atoms with Gasteiger partial charge in [-0.2, -0.15) is 0 Å². The minimum atomic E-state index is -0.620. The van der Waals surface area contributed by atoms with E-state index in [9.17, 15) is 14.9 Å². The van der Waals surface area contributed by atoms with Crippen LogP contribution in [0, 0.1) is 10.1 Å². The Morgan fingerprint density at radius 1 is 1.03 bits per heavy atom. The van der Waals surface area contributed by atoms with Gasteiger partial charge in [-0.1, -0.05) is 30.3 Å². The second-order valence-corrected chi connectivity index (χ2v) is 6.78. The lowest BCUT2D eigenvalue weighted by Gasteiger charge is -2.32. The van der Waals surface area contributed by atoms with Crippen LogP contribution in [0.5, 0.6) is 17.2 Å². The molecule has 1 saturated heterocycles. The van der Waals surface area contributed by atoms with Gasteiger partial charge in [0.25, 0.3) is 5.91 Å². The van der Waals surface area contributed by atoms with Crippen molar-refractivity contribution in [1.82, 2.24) is 4.90 Å². The van der Waals surface area contributed by atoms with Gasteiger partial charge in [0, 0.05) is 19.2 Å². The Kier molecular flexibility index (Phi) is 6.21. The van der Waals surface area contributed by atoms with E-state index in [0.717, 1.165) is 12.8 Å². The second-order valence-electron chi connectivity index (χ2n) is 6.78. The third-order valence-electron chi connectivity index (χ3n) is 5.27. The summed E-state index contributed by atoms with van der Waals surface area (Å²) in [6.45, 7) is 1.04. The van der Waals surface area contributed by atoms with Crippen LogP contribution in [0.2, 0.25) is 0 Å². The van der Waals surface area contributed by atoms with E-state index in [1.807, 2.05) is 18.2 Å². The second kappa shape index (κ2) is 8.81. The zero-order valence-electron chi connectivity index (χ0n) is 16.7. The lowest BCUT2D eigenvalue weighted by molar-refractivity contribution is -0.386. The van der Waals surface area contributed by atoms with Crippen molar-refractivity contribution in [3.05, 3.63) is 57.6 Å². The third kappa shape index (κ3) is 3.96. The maximum absolute atomic E-state index is 13.2. The van der Waals surface area contributed by atoms with Crippen molar-refractivity contribution in [2.24, 2.45) is 0 Å². The molecule has 1 heterocycles. The quantitative estimate of drug-likeness (QED) is 0.543. The van der Waals surface area contributed by atoms with Crippen molar-refractivity contribution < 1.29 is 23.9 Å². The van der Waals surface area contributed by atoms with Crippen LogP contribution in [-0.4, -0.2) is 50.1 Å². The van der Waals surface area contributed by atoms with Crippen LogP contribution in [0.1, 0.15) is 34.7 Å². The van der Waals surface area contributed by atoms with Crippen molar-refractivity contribution in [3.8, 4) is 17.2 Å². The summed E-state index contributed by atoms with van der Waals surface area (Å²) < 4.78 is 15.7. The number of rotatable bonds is 6. The summed E-state index contributed by atoms with van der Waals surface area (Å²) in [5.41, 5.74) is 0.765. The molecular weight excluding hydrogens is 376 g/mol. The molecular formula is C21H24N2O6. The largest absolute Gasteiger partial charge is 0.493 e. The summed E-state index contributed by atoms with van der Waals surface area (Å²) in [6.07, 6.45) is 1.60. The summed E-state index contributed by atoms with van der Waals surface area (Å²) >= 11 is 0. The SMILES string of the molecule is COc1cc(C(=O)N2CCC(c3ccccc3)CC2)c([N+](=O)[O-])c(OC)c1OC. The van der Waals surface area contributed by atoms with E-state index < -0.39 is 16.5 Å². The first-order valence-electron chi connectivity index (χ1n) is 9.33. The monoisotopic (exact) mass is 400 g/mol. The van der Waals surface area contributed by atoms with Gasteiger partial charge in [0.15, 0.2) is 5.75 Å². The molecule has 29 heavy (non-hydrogen) atoms. The van der Waals surface area contributed by atoms with Gasteiger partial charge in [-0.05, 0) is 24.3 Å². The summed E-state index contributed by atoms with van der Waals surface area (Å²) in [6, 6.07) is 11.5. The smallest absolute Gasteiger partial charge is 0.327 e. The van der Waals surface area contributed by atoms with E-state index in [2.05, 4.69) is 12.1 Å². The van der Waals surface area contributed by atoms with E-state index in [1.54, 1.807) is 4.90 Å². The van der Waals surface area contributed by atoms with Crippen molar-refractivity contribution >= 4 is 11.6 Å². The van der Waals surface area contributed by atoms with Gasteiger partial charge in [-0.25, -0.2) is 0 Å². The molecule has 8 heteroatoms.